The topological polar surface area (TPSA) is 9.23 Å². The highest BCUT2D eigenvalue weighted by Crippen LogP contribution is 2.35. The average molecular weight is 214 g/mol. The molecule has 1 unspecified atom stereocenters. The molecule has 0 amide bonds. The Bertz CT molecular complexity index is 160. The predicted molar refractivity (Wildman–Crippen MR) is 64.7 cm³/mol. The SMILES string of the molecule is C=COCCC1(C)CCCCCSC1. The van der Waals surface area contributed by atoms with Gasteiger partial charge in [-0.05, 0) is 36.2 Å². The number of thioether (sulfide) groups is 1. The summed E-state index contributed by atoms with van der Waals surface area (Å²) in [6.45, 7) is 6.81. The van der Waals surface area contributed by atoms with Crippen molar-refractivity contribution in [3.8, 4) is 0 Å². The van der Waals surface area contributed by atoms with Gasteiger partial charge in [-0.1, -0.05) is 26.3 Å². The van der Waals surface area contributed by atoms with Crippen LogP contribution >= 0.6 is 11.8 Å². The number of hydrogen-bond acceptors (Lipinski definition) is 2. The summed E-state index contributed by atoms with van der Waals surface area (Å²) in [6.07, 6.45) is 8.30. The maximum atomic E-state index is 5.23. The lowest BCUT2D eigenvalue weighted by atomic mass is 9.83. The molecule has 1 aliphatic rings. The average Bonchev–Trinajstić information content (AvgIpc) is 2.13. The van der Waals surface area contributed by atoms with E-state index in [0.29, 0.717) is 5.41 Å². The van der Waals surface area contributed by atoms with Gasteiger partial charge in [-0.15, -0.1) is 0 Å². The minimum Gasteiger partial charge on any atom is -0.502 e. The molecule has 2 heteroatoms. The minimum atomic E-state index is 0.494. The van der Waals surface area contributed by atoms with Crippen LogP contribution in [-0.4, -0.2) is 18.1 Å². The molecule has 0 spiro atoms. The van der Waals surface area contributed by atoms with Gasteiger partial charge in [0.1, 0.15) is 0 Å². The standard InChI is InChI=1S/C12H22OS/c1-3-13-9-8-12(2)7-5-4-6-10-14-11-12/h3H,1,4-11H2,2H3. The Labute approximate surface area is 92.3 Å². The van der Waals surface area contributed by atoms with Crippen LogP contribution < -0.4 is 0 Å². The van der Waals surface area contributed by atoms with Gasteiger partial charge in [-0.3, -0.25) is 0 Å². The van der Waals surface area contributed by atoms with Crippen LogP contribution in [0.25, 0.3) is 0 Å². The van der Waals surface area contributed by atoms with Crippen LogP contribution in [0.3, 0.4) is 0 Å². The van der Waals surface area contributed by atoms with Crippen molar-refractivity contribution in [2.75, 3.05) is 18.1 Å². The molecule has 1 atom stereocenters. The lowest BCUT2D eigenvalue weighted by Gasteiger charge is -2.30. The highest BCUT2D eigenvalue weighted by Gasteiger charge is 2.24. The van der Waals surface area contributed by atoms with Crippen molar-refractivity contribution in [1.82, 2.24) is 0 Å². The molecule has 0 bridgehead atoms. The highest BCUT2D eigenvalue weighted by molar-refractivity contribution is 7.99. The van der Waals surface area contributed by atoms with Crippen molar-refractivity contribution in [1.29, 1.82) is 0 Å². The van der Waals surface area contributed by atoms with Crippen LogP contribution in [0.15, 0.2) is 12.8 Å². The molecule has 0 aliphatic carbocycles. The molecule has 1 rings (SSSR count). The van der Waals surface area contributed by atoms with Gasteiger partial charge in [0.25, 0.3) is 0 Å². The normalized spacial score (nSPS) is 28.9. The van der Waals surface area contributed by atoms with E-state index in [0.717, 1.165) is 6.61 Å². The zero-order chi connectivity index (χ0) is 10.3. The zero-order valence-electron chi connectivity index (χ0n) is 9.26. The van der Waals surface area contributed by atoms with Crippen LogP contribution in [-0.2, 0) is 4.74 Å². The Morgan fingerprint density at radius 3 is 3.07 bits per heavy atom. The van der Waals surface area contributed by atoms with Gasteiger partial charge >= 0.3 is 0 Å². The summed E-state index contributed by atoms with van der Waals surface area (Å²) in [6, 6.07) is 0. The summed E-state index contributed by atoms with van der Waals surface area (Å²) in [5.41, 5.74) is 0.494. The molecule has 0 radical (unpaired) electrons. The Hall–Kier alpha value is -0.110. The summed E-state index contributed by atoms with van der Waals surface area (Å²) in [5.74, 6) is 2.64. The highest BCUT2D eigenvalue weighted by atomic mass is 32.2. The van der Waals surface area contributed by atoms with Crippen LogP contribution in [0.4, 0.5) is 0 Å². The Kier molecular flexibility index (Phi) is 5.46. The molecule has 1 saturated heterocycles. The van der Waals surface area contributed by atoms with Crippen molar-refractivity contribution in [3.63, 3.8) is 0 Å². The van der Waals surface area contributed by atoms with E-state index in [1.54, 1.807) is 6.26 Å². The summed E-state index contributed by atoms with van der Waals surface area (Å²) in [5, 5.41) is 0. The van der Waals surface area contributed by atoms with Crippen LogP contribution in [0.5, 0.6) is 0 Å². The van der Waals surface area contributed by atoms with E-state index in [4.69, 9.17) is 4.74 Å². The maximum Gasteiger partial charge on any atom is 0.0878 e. The van der Waals surface area contributed by atoms with E-state index >= 15 is 0 Å². The second kappa shape index (κ2) is 6.39. The number of hydrogen-bond donors (Lipinski definition) is 0. The second-order valence-electron chi connectivity index (χ2n) is 4.46. The molecule has 1 aliphatic heterocycles. The fourth-order valence-corrected chi connectivity index (χ4v) is 3.24. The van der Waals surface area contributed by atoms with Gasteiger partial charge in [-0.2, -0.15) is 11.8 Å². The summed E-state index contributed by atoms with van der Waals surface area (Å²) in [4.78, 5) is 0. The summed E-state index contributed by atoms with van der Waals surface area (Å²) in [7, 11) is 0. The monoisotopic (exact) mass is 214 g/mol. The van der Waals surface area contributed by atoms with Gasteiger partial charge in [0.15, 0.2) is 0 Å². The van der Waals surface area contributed by atoms with Gasteiger partial charge in [0.05, 0.1) is 12.9 Å². The molecule has 1 nitrogen and oxygen atoms in total. The van der Waals surface area contributed by atoms with Gasteiger partial charge in [0.2, 0.25) is 0 Å². The lowest BCUT2D eigenvalue weighted by molar-refractivity contribution is 0.180. The van der Waals surface area contributed by atoms with Crippen molar-refractivity contribution >= 4 is 11.8 Å². The van der Waals surface area contributed by atoms with E-state index < -0.39 is 0 Å². The van der Waals surface area contributed by atoms with Gasteiger partial charge in [-0.25, -0.2) is 0 Å². The van der Waals surface area contributed by atoms with Crippen molar-refractivity contribution in [2.45, 2.75) is 39.0 Å². The Morgan fingerprint density at radius 2 is 2.29 bits per heavy atom. The molecule has 82 valence electrons. The molecule has 1 fully saturated rings. The minimum absolute atomic E-state index is 0.494. The van der Waals surface area contributed by atoms with E-state index in [1.807, 2.05) is 0 Å². The number of rotatable bonds is 4. The fourth-order valence-electron chi connectivity index (χ4n) is 1.91. The molecule has 0 N–H and O–H groups in total. The largest absolute Gasteiger partial charge is 0.502 e. The third kappa shape index (κ3) is 4.41. The molecule has 0 aromatic rings. The summed E-state index contributed by atoms with van der Waals surface area (Å²) < 4.78 is 5.23. The third-order valence-electron chi connectivity index (χ3n) is 2.96. The van der Waals surface area contributed by atoms with E-state index in [9.17, 15) is 0 Å². The molecule has 0 aromatic carbocycles. The first-order chi connectivity index (χ1) is 6.77. The third-order valence-corrected chi connectivity index (χ3v) is 4.44. The molecule has 1 heterocycles. The zero-order valence-corrected chi connectivity index (χ0v) is 10.1. The van der Waals surface area contributed by atoms with Crippen LogP contribution in [0.1, 0.15) is 39.0 Å². The smallest absolute Gasteiger partial charge is 0.0878 e. The second-order valence-corrected chi connectivity index (χ2v) is 5.57. The summed E-state index contributed by atoms with van der Waals surface area (Å²) >= 11 is 2.11. The quantitative estimate of drug-likeness (QED) is 0.519. The first-order valence-electron chi connectivity index (χ1n) is 5.57. The predicted octanol–water partition coefficient (Wildman–Crippen LogP) is 3.85. The first kappa shape index (κ1) is 12.0. The molecule has 14 heavy (non-hydrogen) atoms. The van der Waals surface area contributed by atoms with Crippen molar-refractivity contribution in [2.24, 2.45) is 5.41 Å². The molecule has 0 saturated carbocycles. The molecular formula is C12H22OS. The maximum absolute atomic E-state index is 5.23. The van der Waals surface area contributed by atoms with Crippen LogP contribution in [0.2, 0.25) is 0 Å². The van der Waals surface area contributed by atoms with E-state index in [2.05, 4.69) is 25.3 Å². The Morgan fingerprint density at radius 1 is 1.43 bits per heavy atom. The van der Waals surface area contributed by atoms with Crippen molar-refractivity contribution < 1.29 is 4.74 Å². The fraction of sp³-hybridized carbons (Fsp3) is 0.833. The van der Waals surface area contributed by atoms with Gasteiger partial charge in [0, 0.05) is 0 Å². The number of ether oxygens (including phenoxy) is 1. The van der Waals surface area contributed by atoms with Gasteiger partial charge < -0.3 is 4.74 Å². The lowest BCUT2D eigenvalue weighted by Crippen LogP contribution is -2.23. The van der Waals surface area contributed by atoms with E-state index in [1.165, 1.54) is 43.6 Å². The molecular weight excluding hydrogens is 192 g/mol. The van der Waals surface area contributed by atoms with Crippen LogP contribution in [0, 0.1) is 5.41 Å². The van der Waals surface area contributed by atoms with Crippen molar-refractivity contribution in [3.05, 3.63) is 12.8 Å². The first-order valence-corrected chi connectivity index (χ1v) is 6.73. The van der Waals surface area contributed by atoms with E-state index in [-0.39, 0.29) is 0 Å². The molecule has 0 aromatic heterocycles. The Balaban J connectivity index is 2.30.